The molecule has 0 rings (SSSR count). The average molecular weight is 176 g/mol. The van der Waals surface area contributed by atoms with E-state index in [1.54, 1.807) is 7.11 Å². The summed E-state index contributed by atoms with van der Waals surface area (Å²) < 4.78 is 5.06. The predicted octanol–water partition coefficient (Wildman–Crippen LogP) is -0.678. The molecule has 0 saturated carbocycles. The van der Waals surface area contributed by atoms with Crippen LogP contribution in [0.1, 0.15) is 13.3 Å². The van der Waals surface area contributed by atoms with Crippen LogP contribution in [-0.2, 0) is 4.74 Å². The summed E-state index contributed by atoms with van der Waals surface area (Å²) in [7, 11) is 1.65. The largest absolute Gasteiger partial charge is 0.395 e. The minimum atomic E-state index is -0.169. The van der Waals surface area contributed by atoms with E-state index in [1.165, 1.54) is 0 Å². The van der Waals surface area contributed by atoms with E-state index in [1.807, 2.05) is 0 Å². The fourth-order valence-corrected chi connectivity index (χ4v) is 1.15. The lowest BCUT2D eigenvalue weighted by molar-refractivity contribution is 0.105. The Labute approximate surface area is 74.1 Å². The zero-order chi connectivity index (χ0) is 9.45. The summed E-state index contributed by atoms with van der Waals surface area (Å²) in [6, 6.07) is 0. The Morgan fingerprint density at radius 3 is 2.58 bits per heavy atom. The number of hydrogen-bond donors (Lipinski definition) is 3. The van der Waals surface area contributed by atoms with Crippen LogP contribution < -0.4 is 11.1 Å². The van der Waals surface area contributed by atoms with Gasteiger partial charge in [0.25, 0.3) is 0 Å². The van der Waals surface area contributed by atoms with Crippen LogP contribution in [0.15, 0.2) is 0 Å². The number of β-amino-alcohol motifs (C(OH)–C–C–N with tert-alkyl or cyclic N) is 1. The molecular formula is C8H20N2O2. The van der Waals surface area contributed by atoms with E-state index in [9.17, 15) is 0 Å². The average Bonchev–Trinajstić information content (AvgIpc) is 2.13. The van der Waals surface area contributed by atoms with E-state index >= 15 is 0 Å². The van der Waals surface area contributed by atoms with Gasteiger partial charge in [-0.2, -0.15) is 0 Å². The predicted molar refractivity (Wildman–Crippen MR) is 49.0 cm³/mol. The molecule has 1 atom stereocenters. The molecule has 12 heavy (non-hydrogen) atoms. The standard InChI is InChI=1S/C8H20N2O2/c1-3-8(6-9,7-12-2)10-4-5-11/h10-11H,3-7,9H2,1-2H3. The molecule has 0 aromatic rings. The van der Waals surface area contributed by atoms with Crippen LogP contribution in [-0.4, -0.2) is 44.1 Å². The van der Waals surface area contributed by atoms with Crippen LogP contribution in [0.3, 0.4) is 0 Å². The molecule has 0 bridgehead atoms. The topological polar surface area (TPSA) is 67.5 Å². The summed E-state index contributed by atoms with van der Waals surface area (Å²) >= 11 is 0. The van der Waals surface area contributed by atoms with Crippen LogP contribution in [0.2, 0.25) is 0 Å². The lowest BCUT2D eigenvalue weighted by Gasteiger charge is -2.31. The van der Waals surface area contributed by atoms with Crippen molar-refractivity contribution in [2.75, 3.05) is 33.4 Å². The number of nitrogens with two attached hydrogens (primary N) is 1. The molecule has 0 spiro atoms. The number of methoxy groups -OCH3 is 1. The number of nitrogens with one attached hydrogen (secondary N) is 1. The molecule has 0 aliphatic rings. The normalized spacial score (nSPS) is 16.0. The van der Waals surface area contributed by atoms with Gasteiger partial charge in [0.2, 0.25) is 0 Å². The summed E-state index contributed by atoms with van der Waals surface area (Å²) in [5.41, 5.74) is 5.45. The number of aliphatic hydroxyl groups excluding tert-OH is 1. The lowest BCUT2D eigenvalue weighted by atomic mass is 9.97. The smallest absolute Gasteiger partial charge is 0.0656 e. The van der Waals surface area contributed by atoms with Gasteiger partial charge in [0.15, 0.2) is 0 Å². The fraction of sp³-hybridized carbons (Fsp3) is 1.00. The number of rotatable bonds is 7. The van der Waals surface area contributed by atoms with Crippen molar-refractivity contribution in [3.63, 3.8) is 0 Å². The Bertz CT molecular complexity index is 105. The summed E-state index contributed by atoms with van der Waals surface area (Å²) in [5, 5.41) is 11.8. The van der Waals surface area contributed by atoms with Gasteiger partial charge in [0.1, 0.15) is 0 Å². The minimum absolute atomic E-state index is 0.130. The third kappa shape index (κ3) is 3.49. The van der Waals surface area contributed by atoms with Crippen LogP contribution in [0.5, 0.6) is 0 Å². The van der Waals surface area contributed by atoms with Crippen molar-refractivity contribution in [3.8, 4) is 0 Å². The first kappa shape index (κ1) is 11.8. The SMILES string of the molecule is CCC(CN)(COC)NCCO. The van der Waals surface area contributed by atoms with E-state index in [0.717, 1.165) is 6.42 Å². The van der Waals surface area contributed by atoms with Crippen molar-refractivity contribution in [2.24, 2.45) is 5.73 Å². The number of aliphatic hydroxyl groups is 1. The molecule has 0 radical (unpaired) electrons. The summed E-state index contributed by atoms with van der Waals surface area (Å²) in [6.45, 7) is 3.85. The molecule has 0 saturated heterocycles. The monoisotopic (exact) mass is 176 g/mol. The van der Waals surface area contributed by atoms with Crippen molar-refractivity contribution in [2.45, 2.75) is 18.9 Å². The molecule has 0 aliphatic heterocycles. The van der Waals surface area contributed by atoms with Crippen molar-refractivity contribution in [3.05, 3.63) is 0 Å². The Kier molecular flexibility index (Phi) is 6.28. The second-order valence-electron chi connectivity index (χ2n) is 2.92. The molecule has 4 N–H and O–H groups in total. The van der Waals surface area contributed by atoms with E-state index in [2.05, 4.69) is 12.2 Å². The molecule has 1 unspecified atom stereocenters. The maximum Gasteiger partial charge on any atom is 0.0656 e. The highest BCUT2D eigenvalue weighted by Crippen LogP contribution is 2.07. The molecule has 0 heterocycles. The van der Waals surface area contributed by atoms with Gasteiger partial charge in [-0.05, 0) is 6.42 Å². The van der Waals surface area contributed by atoms with E-state index < -0.39 is 0 Å². The third-order valence-electron chi connectivity index (χ3n) is 2.10. The molecule has 0 amide bonds. The first-order valence-electron chi connectivity index (χ1n) is 4.29. The van der Waals surface area contributed by atoms with Crippen molar-refractivity contribution >= 4 is 0 Å². The van der Waals surface area contributed by atoms with Gasteiger partial charge in [0.05, 0.1) is 18.8 Å². The van der Waals surface area contributed by atoms with Crippen LogP contribution in [0.25, 0.3) is 0 Å². The number of ether oxygens (including phenoxy) is 1. The molecule has 0 fully saturated rings. The van der Waals surface area contributed by atoms with Crippen LogP contribution in [0.4, 0.5) is 0 Å². The molecule has 0 aromatic carbocycles. The Hall–Kier alpha value is -0.160. The Balaban J connectivity index is 3.95. The van der Waals surface area contributed by atoms with Gasteiger partial charge in [-0.25, -0.2) is 0 Å². The molecule has 4 nitrogen and oxygen atoms in total. The third-order valence-corrected chi connectivity index (χ3v) is 2.10. The first-order valence-corrected chi connectivity index (χ1v) is 4.29. The summed E-state index contributed by atoms with van der Waals surface area (Å²) in [4.78, 5) is 0. The van der Waals surface area contributed by atoms with Crippen LogP contribution >= 0.6 is 0 Å². The second-order valence-corrected chi connectivity index (χ2v) is 2.92. The van der Waals surface area contributed by atoms with Crippen molar-refractivity contribution < 1.29 is 9.84 Å². The summed E-state index contributed by atoms with van der Waals surface area (Å²) in [5.74, 6) is 0. The van der Waals surface area contributed by atoms with E-state index in [-0.39, 0.29) is 12.1 Å². The maximum atomic E-state index is 8.64. The molecule has 0 aromatic heterocycles. The molecule has 4 heteroatoms. The Morgan fingerprint density at radius 2 is 2.25 bits per heavy atom. The van der Waals surface area contributed by atoms with E-state index in [4.69, 9.17) is 15.6 Å². The second kappa shape index (κ2) is 6.37. The van der Waals surface area contributed by atoms with Crippen molar-refractivity contribution in [1.82, 2.24) is 5.32 Å². The summed E-state index contributed by atoms with van der Waals surface area (Å²) in [6.07, 6.45) is 0.900. The van der Waals surface area contributed by atoms with Crippen LogP contribution in [0, 0.1) is 0 Å². The zero-order valence-corrected chi connectivity index (χ0v) is 7.97. The van der Waals surface area contributed by atoms with Gasteiger partial charge in [0, 0.05) is 20.2 Å². The quantitative estimate of drug-likeness (QED) is 0.481. The van der Waals surface area contributed by atoms with Gasteiger partial charge in [-0.1, -0.05) is 6.92 Å². The van der Waals surface area contributed by atoms with Gasteiger partial charge >= 0.3 is 0 Å². The highest BCUT2D eigenvalue weighted by molar-refractivity contribution is 4.87. The lowest BCUT2D eigenvalue weighted by Crippen LogP contribution is -2.54. The minimum Gasteiger partial charge on any atom is -0.395 e. The molecule has 0 aliphatic carbocycles. The van der Waals surface area contributed by atoms with Gasteiger partial charge < -0.3 is 20.9 Å². The van der Waals surface area contributed by atoms with E-state index in [0.29, 0.717) is 19.7 Å². The fourth-order valence-electron chi connectivity index (χ4n) is 1.15. The van der Waals surface area contributed by atoms with Gasteiger partial charge in [-0.15, -0.1) is 0 Å². The maximum absolute atomic E-state index is 8.64. The van der Waals surface area contributed by atoms with Crippen molar-refractivity contribution in [1.29, 1.82) is 0 Å². The van der Waals surface area contributed by atoms with Gasteiger partial charge in [-0.3, -0.25) is 0 Å². The first-order chi connectivity index (χ1) is 5.74. The molecule has 74 valence electrons. The number of hydrogen-bond acceptors (Lipinski definition) is 4. The highest BCUT2D eigenvalue weighted by atomic mass is 16.5. The molecular weight excluding hydrogens is 156 g/mol. The zero-order valence-electron chi connectivity index (χ0n) is 7.97. The Morgan fingerprint density at radius 1 is 1.58 bits per heavy atom. The highest BCUT2D eigenvalue weighted by Gasteiger charge is 2.24.